The molecule has 0 radical (unpaired) electrons. The lowest BCUT2D eigenvalue weighted by Gasteiger charge is -2.37. The maximum absolute atomic E-state index is 5.52. The number of hydrogen-bond acceptors (Lipinski definition) is 6. The third kappa shape index (κ3) is 2.63. The molecule has 1 fully saturated rings. The zero-order chi connectivity index (χ0) is 18.2. The van der Waals surface area contributed by atoms with Crippen molar-refractivity contribution in [2.24, 2.45) is 0 Å². The molecule has 1 saturated heterocycles. The van der Waals surface area contributed by atoms with Crippen LogP contribution in [0.2, 0.25) is 0 Å². The monoisotopic (exact) mass is 360 g/mol. The number of fused-ring (bicyclic) bond motifs is 3. The maximum atomic E-state index is 5.52. The Bertz CT molecular complexity index is 1100. The molecule has 1 aliphatic heterocycles. The molecule has 7 nitrogen and oxygen atoms in total. The lowest BCUT2D eigenvalue weighted by molar-refractivity contribution is 0.413. The van der Waals surface area contributed by atoms with E-state index >= 15 is 0 Å². The third-order valence-electron chi connectivity index (χ3n) is 5.15. The molecule has 136 valence electrons. The number of methoxy groups -OCH3 is 1. The van der Waals surface area contributed by atoms with Crippen LogP contribution in [0.3, 0.4) is 0 Å². The Morgan fingerprint density at radius 2 is 1.56 bits per heavy atom. The SMILES string of the molecule is COc1ccccc1N1CCN(c2nn3cnnc3c3ccccc23)CC1. The fraction of sp³-hybridized carbons (Fsp3) is 0.250. The minimum atomic E-state index is 0.794. The lowest BCUT2D eigenvalue weighted by Crippen LogP contribution is -2.47. The molecule has 0 atom stereocenters. The van der Waals surface area contributed by atoms with Gasteiger partial charge in [-0.1, -0.05) is 36.4 Å². The van der Waals surface area contributed by atoms with Gasteiger partial charge in [0, 0.05) is 37.0 Å². The van der Waals surface area contributed by atoms with Crippen molar-refractivity contribution in [1.29, 1.82) is 0 Å². The summed E-state index contributed by atoms with van der Waals surface area (Å²) in [6, 6.07) is 16.4. The molecule has 0 saturated carbocycles. The van der Waals surface area contributed by atoms with E-state index in [2.05, 4.69) is 44.3 Å². The Hall–Kier alpha value is -3.35. The number of rotatable bonds is 3. The molecule has 27 heavy (non-hydrogen) atoms. The molecule has 2 aromatic heterocycles. The third-order valence-corrected chi connectivity index (χ3v) is 5.15. The lowest BCUT2D eigenvalue weighted by atomic mass is 10.1. The standard InChI is InChI=1S/C20H20N6O/c1-27-18-9-5-4-8-17(18)24-10-12-25(13-11-24)20-16-7-3-2-6-15(16)19-22-21-14-26(19)23-20/h2-9,14H,10-13H2,1H3. The van der Waals surface area contributed by atoms with Crippen molar-refractivity contribution in [3.63, 3.8) is 0 Å². The maximum Gasteiger partial charge on any atom is 0.185 e. The Labute approximate surface area is 156 Å². The van der Waals surface area contributed by atoms with Crippen LogP contribution in [0.5, 0.6) is 5.75 Å². The number of para-hydroxylation sites is 2. The smallest absolute Gasteiger partial charge is 0.185 e. The average Bonchev–Trinajstić information content (AvgIpc) is 3.22. The van der Waals surface area contributed by atoms with Crippen molar-refractivity contribution in [3.05, 3.63) is 54.9 Å². The summed E-state index contributed by atoms with van der Waals surface area (Å²) in [5.41, 5.74) is 1.94. The Morgan fingerprint density at radius 1 is 0.852 bits per heavy atom. The number of nitrogens with zero attached hydrogens (tertiary/aromatic N) is 6. The van der Waals surface area contributed by atoms with Crippen LogP contribution in [-0.2, 0) is 0 Å². The van der Waals surface area contributed by atoms with Crippen molar-refractivity contribution in [2.75, 3.05) is 43.1 Å². The summed E-state index contributed by atoms with van der Waals surface area (Å²) in [5, 5.41) is 15.2. The second kappa shape index (κ2) is 6.42. The first-order valence-electron chi connectivity index (χ1n) is 9.07. The van der Waals surface area contributed by atoms with Crippen LogP contribution in [0, 0.1) is 0 Å². The predicted octanol–water partition coefficient (Wildman–Crippen LogP) is 2.61. The number of benzene rings is 2. The van der Waals surface area contributed by atoms with Crippen LogP contribution >= 0.6 is 0 Å². The molecule has 1 aliphatic rings. The van der Waals surface area contributed by atoms with Gasteiger partial charge in [0.1, 0.15) is 12.1 Å². The van der Waals surface area contributed by atoms with Crippen LogP contribution in [0.15, 0.2) is 54.9 Å². The molecular weight excluding hydrogens is 340 g/mol. The minimum Gasteiger partial charge on any atom is -0.495 e. The average molecular weight is 360 g/mol. The van der Waals surface area contributed by atoms with Gasteiger partial charge in [0.15, 0.2) is 11.5 Å². The van der Waals surface area contributed by atoms with Gasteiger partial charge >= 0.3 is 0 Å². The van der Waals surface area contributed by atoms with Crippen LogP contribution in [0.25, 0.3) is 16.4 Å². The van der Waals surface area contributed by atoms with E-state index in [4.69, 9.17) is 9.84 Å². The molecule has 0 aliphatic carbocycles. The van der Waals surface area contributed by atoms with Crippen LogP contribution in [0.4, 0.5) is 11.5 Å². The van der Waals surface area contributed by atoms with Crippen LogP contribution < -0.4 is 14.5 Å². The molecule has 4 aromatic rings. The largest absolute Gasteiger partial charge is 0.495 e. The molecule has 3 heterocycles. The summed E-state index contributed by atoms with van der Waals surface area (Å²) in [6.07, 6.45) is 1.66. The van der Waals surface area contributed by atoms with Gasteiger partial charge in [0.25, 0.3) is 0 Å². The van der Waals surface area contributed by atoms with Crippen LogP contribution in [-0.4, -0.2) is 53.1 Å². The highest BCUT2D eigenvalue weighted by Crippen LogP contribution is 2.31. The van der Waals surface area contributed by atoms with Crippen molar-refractivity contribution < 1.29 is 4.74 Å². The molecular formula is C20H20N6O. The van der Waals surface area contributed by atoms with E-state index in [1.54, 1.807) is 18.0 Å². The number of anilines is 2. The molecule has 0 amide bonds. The highest BCUT2D eigenvalue weighted by atomic mass is 16.5. The normalized spacial score (nSPS) is 14.9. The first kappa shape index (κ1) is 15.9. The van der Waals surface area contributed by atoms with E-state index in [1.165, 1.54) is 0 Å². The zero-order valence-corrected chi connectivity index (χ0v) is 15.1. The summed E-state index contributed by atoms with van der Waals surface area (Å²) in [4.78, 5) is 4.71. The minimum absolute atomic E-state index is 0.794. The zero-order valence-electron chi connectivity index (χ0n) is 15.1. The van der Waals surface area contributed by atoms with Gasteiger partial charge in [0.05, 0.1) is 12.8 Å². The quantitative estimate of drug-likeness (QED) is 0.560. The first-order chi connectivity index (χ1) is 13.3. The van der Waals surface area contributed by atoms with Gasteiger partial charge in [-0.05, 0) is 12.1 Å². The first-order valence-corrected chi connectivity index (χ1v) is 9.07. The molecule has 0 N–H and O–H groups in total. The second-order valence-electron chi connectivity index (χ2n) is 6.61. The van der Waals surface area contributed by atoms with Gasteiger partial charge in [-0.25, -0.2) is 0 Å². The highest BCUT2D eigenvalue weighted by molar-refractivity contribution is 6.00. The summed E-state index contributed by atoms with van der Waals surface area (Å²) in [5.74, 6) is 1.90. The van der Waals surface area contributed by atoms with Gasteiger partial charge in [-0.15, -0.1) is 15.3 Å². The Morgan fingerprint density at radius 3 is 2.37 bits per heavy atom. The molecule has 7 heteroatoms. The van der Waals surface area contributed by atoms with Gasteiger partial charge < -0.3 is 14.5 Å². The summed E-state index contributed by atoms with van der Waals surface area (Å²) >= 11 is 0. The van der Waals surface area contributed by atoms with E-state index < -0.39 is 0 Å². The Balaban J connectivity index is 1.47. The van der Waals surface area contributed by atoms with E-state index in [1.807, 2.05) is 24.3 Å². The topological polar surface area (TPSA) is 58.8 Å². The van der Waals surface area contributed by atoms with Gasteiger partial charge in [0.2, 0.25) is 0 Å². The Kier molecular flexibility index (Phi) is 3.78. The van der Waals surface area contributed by atoms with Crippen molar-refractivity contribution in [1.82, 2.24) is 19.8 Å². The summed E-state index contributed by atoms with van der Waals surface area (Å²) in [7, 11) is 1.72. The number of ether oxygens (including phenoxy) is 1. The fourth-order valence-electron chi connectivity index (χ4n) is 3.79. The van der Waals surface area contributed by atoms with Crippen molar-refractivity contribution >= 4 is 27.9 Å². The predicted molar refractivity (Wildman–Crippen MR) is 106 cm³/mol. The van der Waals surface area contributed by atoms with E-state index in [0.717, 1.165) is 59.9 Å². The summed E-state index contributed by atoms with van der Waals surface area (Å²) < 4.78 is 7.29. The van der Waals surface area contributed by atoms with Crippen molar-refractivity contribution in [2.45, 2.75) is 0 Å². The van der Waals surface area contributed by atoms with E-state index in [0.29, 0.717) is 0 Å². The van der Waals surface area contributed by atoms with Crippen LogP contribution in [0.1, 0.15) is 0 Å². The van der Waals surface area contributed by atoms with Crippen molar-refractivity contribution in [3.8, 4) is 5.75 Å². The fourth-order valence-corrected chi connectivity index (χ4v) is 3.79. The molecule has 5 rings (SSSR count). The number of aromatic nitrogens is 4. The van der Waals surface area contributed by atoms with E-state index in [-0.39, 0.29) is 0 Å². The molecule has 0 unspecified atom stereocenters. The molecule has 0 bridgehead atoms. The molecule has 0 spiro atoms. The number of hydrogen-bond donors (Lipinski definition) is 0. The molecule has 2 aromatic carbocycles. The van der Waals surface area contributed by atoms with E-state index in [9.17, 15) is 0 Å². The second-order valence-corrected chi connectivity index (χ2v) is 6.61. The highest BCUT2D eigenvalue weighted by Gasteiger charge is 2.23. The van der Waals surface area contributed by atoms with Gasteiger partial charge in [-0.2, -0.15) is 4.52 Å². The number of piperazine rings is 1. The van der Waals surface area contributed by atoms with Gasteiger partial charge in [-0.3, -0.25) is 0 Å². The summed E-state index contributed by atoms with van der Waals surface area (Å²) in [6.45, 7) is 3.61.